The molecule has 1 aromatic heterocycles. The standard InChI is InChI=1S/C15H18N2O5S/c1-22-10(18)5-9-6-16-15(23-9)17-13(19)11-7-2-3-8(4-7)12(11)14(20)21/h6-8,11-12H,2-5H2,1H3,(H,20,21)(H,16,17,19)/p-1/t7-,8-,11+,12-/m0/s1. The fraction of sp³-hybridized carbons (Fsp3) is 0.600. The van der Waals surface area contributed by atoms with Crippen LogP contribution < -0.4 is 10.4 Å². The molecule has 0 aliphatic heterocycles. The second kappa shape index (κ2) is 6.27. The van der Waals surface area contributed by atoms with Crippen molar-refractivity contribution < 1.29 is 24.2 Å². The van der Waals surface area contributed by atoms with E-state index < -0.39 is 17.8 Å². The van der Waals surface area contributed by atoms with Crippen LogP contribution in [0.5, 0.6) is 0 Å². The van der Waals surface area contributed by atoms with Gasteiger partial charge < -0.3 is 20.0 Å². The number of carbonyl (C=O) groups is 3. The zero-order valence-corrected chi connectivity index (χ0v) is 13.4. The molecule has 23 heavy (non-hydrogen) atoms. The first-order valence-electron chi connectivity index (χ1n) is 7.53. The number of esters is 1. The number of aromatic nitrogens is 1. The molecule has 0 radical (unpaired) electrons. The number of anilines is 1. The summed E-state index contributed by atoms with van der Waals surface area (Å²) in [6.07, 6.45) is 4.13. The van der Waals surface area contributed by atoms with Crippen molar-refractivity contribution in [1.29, 1.82) is 0 Å². The van der Waals surface area contributed by atoms with Crippen molar-refractivity contribution in [2.45, 2.75) is 25.7 Å². The van der Waals surface area contributed by atoms with E-state index in [0.717, 1.165) is 19.3 Å². The summed E-state index contributed by atoms with van der Waals surface area (Å²) in [4.78, 5) is 39.8. The summed E-state index contributed by atoms with van der Waals surface area (Å²) < 4.78 is 4.58. The zero-order chi connectivity index (χ0) is 16.6. The summed E-state index contributed by atoms with van der Waals surface area (Å²) >= 11 is 1.19. The van der Waals surface area contributed by atoms with E-state index in [1.54, 1.807) is 0 Å². The first-order valence-corrected chi connectivity index (χ1v) is 8.34. The van der Waals surface area contributed by atoms with Crippen LogP contribution in [0.25, 0.3) is 0 Å². The SMILES string of the molecule is COC(=O)Cc1cnc(NC(=O)[C@@H]2[C@H]3CC[C@@H](C3)[C@@H]2C(=O)[O-])s1. The van der Waals surface area contributed by atoms with Crippen LogP contribution in [-0.4, -0.2) is 29.9 Å². The Labute approximate surface area is 137 Å². The van der Waals surface area contributed by atoms with Gasteiger partial charge in [-0.05, 0) is 31.1 Å². The number of methoxy groups -OCH3 is 1. The first kappa shape index (κ1) is 15.9. The van der Waals surface area contributed by atoms with Gasteiger partial charge in [-0.15, -0.1) is 11.3 Å². The van der Waals surface area contributed by atoms with Gasteiger partial charge in [0.2, 0.25) is 5.91 Å². The van der Waals surface area contributed by atoms with Crippen LogP contribution in [0.4, 0.5) is 5.13 Å². The van der Waals surface area contributed by atoms with Crippen molar-refractivity contribution in [2.24, 2.45) is 23.7 Å². The number of aliphatic carboxylic acids is 1. The Kier molecular flexibility index (Phi) is 4.34. The summed E-state index contributed by atoms with van der Waals surface area (Å²) in [7, 11) is 1.31. The monoisotopic (exact) mass is 337 g/mol. The van der Waals surface area contributed by atoms with E-state index in [0.29, 0.717) is 10.0 Å². The highest BCUT2D eigenvalue weighted by molar-refractivity contribution is 7.15. The maximum atomic E-state index is 12.5. The van der Waals surface area contributed by atoms with Crippen molar-refractivity contribution in [3.63, 3.8) is 0 Å². The number of hydrogen-bond acceptors (Lipinski definition) is 7. The first-order chi connectivity index (χ1) is 11.0. The molecule has 8 heteroatoms. The molecule has 1 aromatic rings. The second-order valence-electron chi connectivity index (χ2n) is 6.08. The summed E-state index contributed by atoms with van der Waals surface area (Å²) in [5.74, 6) is -2.93. The molecule has 3 rings (SSSR count). The number of nitrogens with one attached hydrogen (secondary N) is 1. The summed E-state index contributed by atoms with van der Waals surface area (Å²) in [5, 5.41) is 14.4. The molecule has 124 valence electrons. The Morgan fingerprint density at radius 2 is 2.04 bits per heavy atom. The molecule has 2 fully saturated rings. The Morgan fingerprint density at radius 1 is 1.35 bits per heavy atom. The van der Waals surface area contributed by atoms with Crippen molar-refractivity contribution >= 4 is 34.3 Å². The van der Waals surface area contributed by atoms with E-state index >= 15 is 0 Å². The van der Waals surface area contributed by atoms with Gasteiger partial charge in [0.1, 0.15) is 0 Å². The maximum absolute atomic E-state index is 12.5. The lowest BCUT2D eigenvalue weighted by Gasteiger charge is -2.30. The van der Waals surface area contributed by atoms with Gasteiger partial charge >= 0.3 is 5.97 Å². The number of rotatable bonds is 5. The topological polar surface area (TPSA) is 108 Å². The Hall–Kier alpha value is -1.96. The van der Waals surface area contributed by atoms with Gasteiger partial charge in [0.05, 0.1) is 13.5 Å². The Morgan fingerprint density at radius 3 is 2.70 bits per heavy atom. The molecule has 2 saturated carbocycles. The number of carboxylic acids is 1. The predicted octanol–water partition coefficient (Wildman–Crippen LogP) is 0.209. The number of fused-ring (bicyclic) bond motifs is 2. The molecule has 2 aliphatic carbocycles. The summed E-state index contributed by atoms with van der Waals surface area (Å²) in [6, 6.07) is 0. The smallest absolute Gasteiger partial charge is 0.310 e. The molecule has 1 N–H and O–H groups in total. The fourth-order valence-corrected chi connectivity index (χ4v) is 4.66. The van der Waals surface area contributed by atoms with Crippen LogP contribution in [0.3, 0.4) is 0 Å². The summed E-state index contributed by atoms with van der Waals surface area (Å²) in [5.41, 5.74) is 0. The highest BCUT2D eigenvalue weighted by atomic mass is 32.1. The van der Waals surface area contributed by atoms with Gasteiger partial charge in [0, 0.05) is 28.9 Å². The third-order valence-electron chi connectivity index (χ3n) is 4.82. The molecule has 1 amide bonds. The minimum Gasteiger partial charge on any atom is -0.550 e. The van der Waals surface area contributed by atoms with Crippen LogP contribution >= 0.6 is 11.3 Å². The zero-order valence-electron chi connectivity index (χ0n) is 12.6. The number of amides is 1. The van der Waals surface area contributed by atoms with Crippen molar-refractivity contribution in [3.05, 3.63) is 11.1 Å². The average Bonchev–Trinajstić information content (AvgIpc) is 3.22. The third-order valence-corrected chi connectivity index (χ3v) is 5.73. The number of hydrogen-bond donors (Lipinski definition) is 1. The van der Waals surface area contributed by atoms with Gasteiger partial charge in [-0.1, -0.05) is 0 Å². The van der Waals surface area contributed by atoms with Crippen molar-refractivity contribution in [2.75, 3.05) is 12.4 Å². The van der Waals surface area contributed by atoms with Gasteiger partial charge in [-0.25, -0.2) is 4.98 Å². The quantitative estimate of drug-likeness (QED) is 0.769. The van der Waals surface area contributed by atoms with Gasteiger partial charge in [-0.3, -0.25) is 9.59 Å². The summed E-state index contributed by atoms with van der Waals surface area (Å²) in [6.45, 7) is 0. The van der Waals surface area contributed by atoms with Crippen molar-refractivity contribution in [3.8, 4) is 0 Å². The molecule has 2 aliphatic rings. The van der Waals surface area contributed by atoms with Crippen LogP contribution in [0.1, 0.15) is 24.1 Å². The lowest BCUT2D eigenvalue weighted by Crippen LogP contribution is -2.43. The maximum Gasteiger partial charge on any atom is 0.310 e. The van der Waals surface area contributed by atoms with Crippen molar-refractivity contribution in [1.82, 2.24) is 4.98 Å². The lowest BCUT2D eigenvalue weighted by atomic mass is 9.79. The number of ether oxygens (including phenoxy) is 1. The van der Waals surface area contributed by atoms with Gasteiger partial charge in [0.25, 0.3) is 0 Å². The minimum atomic E-state index is -1.14. The molecular formula is C15H17N2O5S-. The second-order valence-corrected chi connectivity index (χ2v) is 7.19. The normalized spacial score (nSPS) is 28.6. The average molecular weight is 337 g/mol. The highest BCUT2D eigenvalue weighted by Crippen LogP contribution is 2.52. The van der Waals surface area contributed by atoms with Gasteiger partial charge in [-0.2, -0.15) is 0 Å². The van der Waals surface area contributed by atoms with Gasteiger partial charge in [0.15, 0.2) is 5.13 Å². The molecule has 7 nitrogen and oxygen atoms in total. The number of thiazole rings is 1. The van der Waals surface area contributed by atoms with E-state index in [1.165, 1.54) is 24.6 Å². The van der Waals surface area contributed by atoms with E-state index in [4.69, 9.17) is 0 Å². The Bertz CT molecular complexity index is 644. The van der Waals surface area contributed by atoms with Crippen LogP contribution in [-0.2, 0) is 25.5 Å². The van der Waals surface area contributed by atoms with E-state index in [-0.39, 0.29) is 30.1 Å². The molecule has 0 aromatic carbocycles. The number of carboxylic acid groups (broad SMARTS) is 1. The molecule has 1 heterocycles. The van der Waals surface area contributed by atoms with Crippen LogP contribution in [0.15, 0.2) is 6.20 Å². The fourth-order valence-electron chi connectivity index (χ4n) is 3.86. The highest BCUT2D eigenvalue weighted by Gasteiger charge is 2.51. The molecule has 4 atom stereocenters. The van der Waals surface area contributed by atoms with E-state index in [9.17, 15) is 19.5 Å². The molecule has 0 unspecified atom stereocenters. The molecular weight excluding hydrogens is 320 g/mol. The predicted molar refractivity (Wildman–Crippen MR) is 79.3 cm³/mol. The largest absolute Gasteiger partial charge is 0.550 e. The third kappa shape index (κ3) is 3.08. The van der Waals surface area contributed by atoms with Crippen LogP contribution in [0.2, 0.25) is 0 Å². The Balaban J connectivity index is 1.67. The van der Waals surface area contributed by atoms with E-state index in [2.05, 4.69) is 15.0 Å². The number of nitrogens with zero attached hydrogens (tertiary/aromatic N) is 1. The molecule has 0 spiro atoms. The number of carbonyl (C=O) groups excluding carboxylic acids is 3. The lowest BCUT2D eigenvalue weighted by molar-refractivity contribution is -0.314. The molecule has 2 bridgehead atoms. The van der Waals surface area contributed by atoms with Crippen LogP contribution in [0, 0.1) is 23.7 Å². The minimum absolute atomic E-state index is 0.0481. The molecule has 0 saturated heterocycles. The van der Waals surface area contributed by atoms with E-state index in [1.807, 2.05) is 0 Å².